The van der Waals surface area contributed by atoms with Crippen LogP contribution in [0.15, 0.2) is 66.7 Å². The van der Waals surface area contributed by atoms with Crippen molar-refractivity contribution in [3.63, 3.8) is 0 Å². The predicted molar refractivity (Wildman–Crippen MR) is 110 cm³/mol. The predicted octanol–water partition coefficient (Wildman–Crippen LogP) is 4.47. The quantitative estimate of drug-likeness (QED) is 0.461. The van der Waals surface area contributed by atoms with Gasteiger partial charge in [-0.2, -0.15) is 8.78 Å². The Morgan fingerprint density at radius 3 is 1.94 bits per heavy atom. The minimum atomic E-state index is -1.53. The first-order valence-corrected chi connectivity index (χ1v) is 10.1. The first-order valence-electron chi connectivity index (χ1n) is 10.1. The summed E-state index contributed by atoms with van der Waals surface area (Å²) < 4.78 is 60.1. The Hall–Kier alpha value is -2.90. The molecule has 162 valence electrons. The van der Waals surface area contributed by atoms with Crippen molar-refractivity contribution in [3.8, 4) is 5.75 Å². The molecule has 1 heterocycles. The van der Waals surface area contributed by atoms with Gasteiger partial charge in [0, 0.05) is 32.2 Å². The lowest BCUT2D eigenvalue weighted by Gasteiger charge is -2.48. The largest absolute Gasteiger partial charge is 0.486 e. The number of ether oxygens (including phenoxy) is 1. The van der Waals surface area contributed by atoms with Crippen LogP contribution in [0.2, 0.25) is 0 Å². The zero-order valence-corrected chi connectivity index (χ0v) is 16.8. The molecular weight excluding hydrogens is 408 g/mol. The summed E-state index contributed by atoms with van der Waals surface area (Å²) in [4.78, 5) is 2.17. The van der Waals surface area contributed by atoms with Gasteiger partial charge in [-0.15, -0.1) is 0 Å². The van der Waals surface area contributed by atoms with Gasteiger partial charge in [0.25, 0.3) is 0 Å². The maximum Gasteiger partial charge on any atom is 0.203 e. The molecule has 1 aliphatic rings. The molecule has 31 heavy (non-hydrogen) atoms. The molecule has 0 atom stereocenters. The highest BCUT2D eigenvalue weighted by Crippen LogP contribution is 2.37. The smallest absolute Gasteiger partial charge is 0.203 e. The van der Waals surface area contributed by atoms with E-state index in [0.29, 0.717) is 19.6 Å². The number of hydrogen-bond acceptors (Lipinski definition) is 3. The first kappa shape index (κ1) is 21.3. The minimum absolute atomic E-state index is 0.141. The van der Waals surface area contributed by atoms with Crippen LogP contribution < -0.4 is 10.1 Å². The molecule has 1 N–H and O–H groups in total. The molecule has 0 unspecified atom stereocenters. The van der Waals surface area contributed by atoms with E-state index in [1.807, 2.05) is 60.7 Å². The van der Waals surface area contributed by atoms with Crippen LogP contribution in [0.3, 0.4) is 0 Å². The third-order valence-electron chi connectivity index (χ3n) is 5.66. The summed E-state index contributed by atoms with van der Waals surface area (Å²) in [5.41, 5.74) is 1.58. The van der Waals surface area contributed by atoms with E-state index in [2.05, 4.69) is 10.2 Å². The molecular formula is C24H22F4N2O. The van der Waals surface area contributed by atoms with Crippen molar-refractivity contribution in [3.05, 3.63) is 101 Å². The second-order valence-electron chi connectivity index (χ2n) is 7.40. The van der Waals surface area contributed by atoms with Gasteiger partial charge < -0.3 is 10.1 Å². The molecule has 7 heteroatoms. The summed E-state index contributed by atoms with van der Waals surface area (Å²) in [6.45, 7) is 2.15. The Morgan fingerprint density at radius 1 is 0.839 bits per heavy atom. The second-order valence-corrected chi connectivity index (χ2v) is 7.40. The van der Waals surface area contributed by atoms with E-state index in [0.717, 1.165) is 17.7 Å². The van der Waals surface area contributed by atoms with Crippen LogP contribution in [0, 0.1) is 23.3 Å². The maximum absolute atomic E-state index is 14.0. The Kier molecular flexibility index (Phi) is 6.25. The van der Waals surface area contributed by atoms with E-state index in [1.54, 1.807) is 0 Å². The number of nitrogens with zero attached hydrogens (tertiary/aromatic N) is 1. The highest BCUT2D eigenvalue weighted by molar-refractivity contribution is 5.40. The third kappa shape index (κ3) is 4.03. The number of benzene rings is 3. The topological polar surface area (TPSA) is 24.5 Å². The zero-order chi connectivity index (χ0) is 21.8. The van der Waals surface area contributed by atoms with E-state index in [4.69, 9.17) is 4.74 Å². The van der Waals surface area contributed by atoms with E-state index >= 15 is 0 Å². The van der Waals surface area contributed by atoms with Gasteiger partial charge in [0.15, 0.2) is 17.4 Å². The summed E-state index contributed by atoms with van der Waals surface area (Å²) >= 11 is 0. The molecule has 1 fully saturated rings. The van der Waals surface area contributed by atoms with E-state index in [-0.39, 0.29) is 12.7 Å². The average Bonchev–Trinajstić information content (AvgIpc) is 2.81. The van der Waals surface area contributed by atoms with Gasteiger partial charge in [-0.1, -0.05) is 60.7 Å². The van der Waals surface area contributed by atoms with Crippen molar-refractivity contribution in [2.24, 2.45) is 0 Å². The summed E-state index contributed by atoms with van der Waals surface area (Å²) in [6.07, 6.45) is 0. The first-order chi connectivity index (χ1) is 15.0. The zero-order valence-electron chi connectivity index (χ0n) is 16.8. The molecule has 0 aliphatic carbocycles. The van der Waals surface area contributed by atoms with Crippen molar-refractivity contribution in [1.82, 2.24) is 10.2 Å². The van der Waals surface area contributed by atoms with E-state index in [1.165, 1.54) is 0 Å². The second kappa shape index (κ2) is 9.08. The summed E-state index contributed by atoms with van der Waals surface area (Å²) in [6, 6.07) is 20.0. The number of hydrogen-bond donors (Lipinski definition) is 1. The highest BCUT2D eigenvalue weighted by atomic mass is 19.2. The molecule has 1 aliphatic heterocycles. The van der Waals surface area contributed by atoms with Gasteiger partial charge in [-0.3, -0.25) is 4.90 Å². The highest BCUT2D eigenvalue weighted by Gasteiger charge is 2.41. The van der Waals surface area contributed by atoms with Crippen LogP contribution in [-0.4, -0.2) is 37.7 Å². The molecule has 4 rings (SSSR count). The molecule has 0 radical (unpaired) electrons. The molecule has 0 amide bonds. The van der Waals surface area contributed by atoms with E-state index in [9.17, 15) is 17.6 Å². The van der Waals surface area contributed by atoms with Crippen molar-refractivity contribution in [2.45, 2.75) is 5.54 Å². The normalized spacial score (nSPS) is 16.3. The Balaban J connectivity index is 1.64. The van der Waals surface area contributed by atoms with Crippen molar-refractivity contribution < 1.29 is 22.3 Å². The van der Waals surface area contributed by atoms with Gasteiger partial charge in [0.1, 0.15) is 6.61 Å². The fourth-order valence-electron chi connectivity index (χ4n) is 4.19. The molecule has 0 aromatic heterocycles. The fourth-order valence-corrected chi connectivity index (χ4v) is 4.19. The standard InChI is InChI=1S/C24H22F4N2O/c25-19-15-20(26)22(28)23(21(19)27)31-14-13-30-12-11-29-16-24(30,17-7-3-1-4-8-17)18-9-5-2-6-10-18/h1-10,15,29H,11-14,16H2. The summed E-state index contributed by atoms with van der Waals surface area (Å²) in [5, 5.41) is 3.44. The third-order valence-corrected chi connectivity index (χ3v) is 5.66. The Labute approximate surface area is 178 Å². The van der Waals surface area contributed by atoms with Gasteiger partial charge in [0.05, 0.1) is 5.54 Å². The number of rotatable bonds is 6. The Morgan fingerprint density at radius 2 is 1.39 bits per heavy atom. The van der Waals surface area contributed by atoms with Crippen molar-refractivity contribution in [2.75, 3.05) is 32.8 Å². The minimum Gasteiger partial charge on any atom is -0.486 e. The monoisotopic (exact) mass is 430 g/mol. The van der Waals surface area contributed by atoms with Gasteiger partial charge >= 0.3 is 0 Å². The van der Waals surface area contributed by atoms with Crippen molar-refractivity contribution in [1.29, 1.82) is 0 Å². The lowest BCUT2D eigenvalue weighted by atomic mass is 9.79. The van der Waals surface area contributed by atoms with Gasteiger partial charge in [0.2, 0.25) is 11.6 Å². The van der Waals surface area contributed by atoms with Crippen LogP contribution in [0.5, 0.6) is 5.75 Å². The summed E-state index contributed by atoms with van der Waals surface area (Å²) in [5.74, 6) is -7.07. The fraction of sp³-hybridized carbons (Fsp3) is 0.250. The molecule has 0 bridgehead atoms. The SMILES string of the molecule is Fc1cc(F)c(F)c(OCCN2CCNCC2(c2ccccc2)c2ccccc2)c1F. The molecule has 1 saturated heterocycles. The lowest BCUT2D eigenvalue weighted by Crippen LogP contribution is -2.60. The Bertz CT molecular complexity index is 965. The van der Waals surface area contributed by atoms with Crippen LogP contribution >= 0.6 is 0 Å². The van der Waals surface area contributed by atoms with Crippen LogP contribution in [0.4, 0.5) is 17.6 Å². The number of nitrogens with one attached hydrogen (secondary N) is 1. The molecule has 3 aromatic rings. The molecule has 3 aromatic carbocycles. The van der Waals surface area contributed by atoms with Crippen molar-refractivity contribution >= 4 is 0 Å². The molecule has 0 spiro atoms. The summed E-state index contributed by atoms with van der Waals surface area (Å²) in [7, 11) is 0. The molecule has 3 nitrogen and oxygen atoms in total. The van der Waals surface area contributed by atoms with Gasteiger partial charge in [-0.05, 0) is 11.1 Å². The number of piperazine rings is 1. The maximum atomic E-state index is 14.0. The van der Waals surface area contributed by atoms with Crippen LogP contribution in [0.1, 0.15) is 11.1 Å². The average molecular weight is 430 g/mol. The van der Waals surface area contributed by atoms with Crippen LogP contribution in [-0.2, 0) is 5.54 Å². The van der Waals surface area contributed by atoms with E-state index < -0.39 is 34.6 Å². The van der Waals surface area contributed by atoms with Gasteiger partial charge in [-0.25, -0.2) is 8.78 Å². The molecule has 0 saturated carbocycles. The lowest BCUT2D eigenvalue weighted by molar-refractivity contribution is 0.0727. The van der Waals surface area contributed by atoms with Crippen LogP contribution in [0.25, 0.3) is 0 Å². The number of halogens is 4.